The molecule has 2 amide bonds. The Morgan fingerprint density at radius 1 is 0.609 bits per heavy atom. The summed E-state index contributed by atoms with van der Waals surface area (Å²) in [6.45, 7) is 7.18. The molecule has 0 aliphatic rings. The van der Waals surface area contributed by atoms with Crippen LogP contribution in [0.1, 0.15) is 13.8 Å². The Morgan fingerprint density at radius 3 is 1.52 bits per heavy atom. The highest BCUT2D eigenvalue weighted by Crippen LogP contribution is 2.37. The molecule has 0 spiro atoms. The molecule has 9 aromatic rings. The molecule has 0 atom stereocenters. The molecule has 5 heterocycles. The van der Waals surface area contributed by atoms with Gasteiger partial charge in [0.2, 0.25) is 11.8 Å². The smallest absolute Gasteiger partial charge is 0.348 e. The highest BCUT2D eigenvalue weighted by molar-refractivity contribution is 9.10. The maximum absolute atomic E-state index is 13.2. The number of halogens is 1. The number of carbonyl (C=O) groups excluding carboxylic acids is 2. The lowest BCUT2D eigenvalue weighted by atomic mass is 10.1. The first-order valence-electron chi connectivity index (χ1n) is 22.2. The lowest BCUT2D eigenvalue weighted by molar-refractivity contribution is -0.116. The number of methoxy groups -OCH3 is 2. The van der Waals surface area contributed by atoms with Crippen molar-refractivity contribution < 1.29 is 27.9 Å². The zero-order valence-corrected chi connectivity index (χ0v) is 39.9. The van der Waals surface area contributed by atoms with Crippen LogP contribution in [-0.4, -0.2) is 94.5 Å². The highest BCUT2D eigenvalue weighted by atomic mass is 79.9. The van der Waals surface area contributed by atoms with Gasteiger partial charge in [0.05, 0.1) is 39.4 Å². The van der Waals surface area contributed by atoms with Gasteiger partial charge in [0.15, 0.2) is 11.2 Å². The molecular weight excluding hydrogens is 949 g/mol. The second-order valence-electron chi connectivity index (χ2n) is 15.6. The predicted molar refractivity (Wildman–Crippen MR) is 269 cm³/mol. The zero-order valence-electron chi connectivity index (χ0n) is 38.3. The van der Waals surface area contributed by atoms with Crippen LogP contribution in [-0.2, 0) is 32.2 Å². The van der Waals surface area contributed by atoms with Gasteiger partial charge in [-0.1, -0.05) is 60.1 Å². The molecule has 69 heavy (non-hydrogen) atoms. The molecule has 0 bridgehead atoms. The van der Waals surface area contributed by atoms with E-state index in [1.165, 1.54) is 6.33 Å². The van der Waals surface area contributed by atoms with Crippen molar-refractivity contribution in [3.8, 4) is 33.6 Å². The number of hydrogen-bond acceptors (Lipinski definition) is 14. The third-order valence-electron chi connectivity index (χ3n) is 11.0. The lowest BCUT2D eigenvalue weighted by Crippen LogP contribution is -2.27. The molecule has 5 aromatic heterocycles. The fourth-order valence-electron chi connectivity index (χ4n) is 7.71. The van der Waals surface area contributed by atoms with Gasteiger partial charge in [0.25, 0.3) is 0 Å². The van der Waals surface area contributed by atoms with Crippen LogP contribution >= 0.6 is 15.9 Å². The van der Waals surface area contributed by atoms with Crippen molar-refractivity contribution in [1.29, 1.82) is 0 Å². The molecule has 354 valence electrons. The first kappa shape index (κ1) is 48.1. The summed E-state index contributed by atoms with van der Waals surface area (Å²) in [6.07, 6.45) is 4.95. The van der Waals surface area contributed by atoms with Gasteiger partial charge in [-0.05, 0) is 73.3 Å². The fraction of sp³-hybridized carbons (Fsp3) is 0.240. The maximum atomic E-state index is 13.2. The van der Waals surface area contributed by atoms with Crippen LogP contribution in [0.25, 0.3) is 77.8 Å². The van der Waals surface area contributed by atoms with Gasteiger partial charge in [0, 0.05) is 69.9 Å². The van der Waals surface area contributed by atoms with Crippen molar-refractivity contribution in [2.75, 3.05) is 64.2 Å². The largest absolute Gasteiger partial charge is 0.452 e. The maximum Gasteiger partial charge on any atom is 0.348 e. The minimum Gasteiger partial charge on any atom is -0.452 e. The molecule has 0 fully saturated rings. The minimum absolute atomic E-state index is 0.122. The van der Waals surface area contributed by atoms with E-state index in [0.717, 1.165) is 32.9 Å². The van der Waals surface area contributed by atoms with Crippen molar-refractivity contribution in [1.82, 2.24) is 39.7 Å². The zero-order chi connectivity index (χ0) is 48.4. The Morgan fingerprint density at radius 2 is 1.06 bits per heavy atom. The number of carbonyl (C=O) groups is 2. The molecule has 18 nitrogen and oxygen atoms in total. The normalized spacial score (nSPS) is 11.3. The second kappa shape index (κ2) is 22.1. The number of aromatic nitrogens is 6. The summed E-state index contributed by atoms with van der Waals surface area (Å²) in [6, 6.07) is 25.8. The van der Waals surface area contributed by atoms with Crippen LogP contribution in [0.3, 0.4) is 0 Å². The number of nitrogens with zero attached hydrogens (tertiary/aromatic N) is 6. The third kappa shape index (κ3) is 10.8. The molecule has 4 aromatic carbocycles. The van der Waals surface area contributed by atoms with Crippen molar-refractivity contribution in [2.24, 2.45) is 0 Å². The Hall–Kier alpha value is -7.42. The summed E-state index contributed by atoms with van der Waals surface area (Å²) in [5.74, 6) is -0.253. The van der Waals surface area contributed by atoms with E-state index in [-0.39, 0.29) is 30.6 Å². The summed E-state index contributed by atoms with van der Waals surface area (Å²) in [5, 5.41) is 13.3. The number of benzene rings is 4. The number of ether oxygens (including phenoxy) is 2. The Bertz CT molecular complexity index is 3390. The van der Waals surface area contributed by atoms with E-state index in [9.17, 15) is 19.2 Å². The number of amides is 2. The van der Waals surface area contributed by atoms with Crippen molar-refractivity contribution in [3.05, 3.63) is 129 Å². The molecule has 0 saturated carbocycles. The summed E-state index contributed by atoms with van der Waals surface area (Å²) in [4.78, 5) is 67.1. The number of rotatable bonds is 17. The van der Waals surface area contributed by atoms with Gasteiger partial charge in [0.1, 0.15) is 39.9 Å². The van der Waals surface area contributed by atoms with Crippen LogP contribution < -0.4 is 32.6 Å². The third-order valence-corrected chi connectivity index (χ3v) is 11.5. The van der Waals surface area contributed by atoms with E-state index < -0.39 is 5.69 Å². The number of nitrogens with one attached hydrogen (secondary N) is 4. The highest BCUT2D eigenvalue weighted by Gasteiger charge is 2.22. The lowest BCUT2D eigenvalue weighted by Gasteiger charge is -2.10. The monoisotopic (exact) mass is 996 g/mol. The minimum atomic E-state index is -0.404. The quantitative estimate of drug-likeness (QED) is 0.0707. The predicted octanol–water partition coefficient (Wildman–Crippen LogP) is 7.23. The Balaban J connectivity index is 0.000000188. The standard InChI is InChI=1S/C27H26N6O4.C23H23BrN4O4/c1-3-28-15-23(34)31-20-7-4-17(5-8-20)24-26-25(33(10-11-36-2)27(35)32-24)21-12-18(6-9-22(21)37-26)19-13-29-16-30-14-19;1-3-25-13-19(29)26-16-7-4-14(5-8-16)20-22-21(28(10-11-31-2)23(30)27-20)17-12-15(24)6-9-18(17)32-22/h4-9,12-14,16,28H,3,10-11,15H2,1-2H3,(H,31,34);4-9,12,25H,3,10-11,13H2,1-2H3,(H,26,29). The van der Waals surface area contributed by atoms with E-state index in [2.05, 4.69) is 57.1 Å². The van der Waals surface area contributed by atoms with Crippen molar-refractivity contribution in [3.63, 3.8) is 0 Å². The molecule has 4 N–H and O–H groups in total. The number of hydrogen-bond donors (Lipinski definition) is 4. The topological polar surface area (TPSA) is 223 Å². The van der Waals surface area contributed by atoms with E-state index in [1.807, 2.05) is 74.5 Å². The van der Waals surface area contributed by atoms with E-state index >= 15 is 0 Å². The SMILES string of the molecule is CCNCC(=O)Nc1ccc(-c2nc(=O)n(CCOC)c3c2oc2ccc(-c4cncnc4)cc23)cc1.CCNCC(=O)Nc1ccc(-c2nc(=O)n(CCOC)c3c2oc2ccc(Br)cc23)cc1. The molecule has 0 radical (unpaired) electrons. The average molecular weight is 998 g/mol. The average Bonchev–Trinajstić information content (AvgIpc) is 3.94. The molecule has 9 rings (SSSR count). The summed E-state index contributed by atoms with van der Waals surface area (Å²) in [7, 11) is 3.18. The van der Waals surface area contributed by atoms with Crippen LogP contribution in [0.15, 0.2) is 127 Å². The van der Waals surface area contributed by atoms with Crippen molar-refractivity contribution >= 4 is 83.3 Å². The van der Waals surface area contributed by atoms with Crippen molar-refractivity contribution in [2.45, 2.75) is 26.9 Å². The Labute approximate surface area is 403 Å². The van der Waals surface area contributed by atoms with Gasteiger partial charge < -0.3 is 39.6 Å². The number of fused-ring (bicyclic) bond motifs is 6. The molecule has 0 aliphatic carbocycles. The van der Waals surface area contributed by atoms with Gasteiger partial charge in [-0.25, -0.2) is 19.6 Å². The summed E-state index contributed by atoms with van der Waals surface area (Å²) >= 11 is 3.50. The molecule has 0 aliphatic heterocycles. The van der Waals surface area contributed by atoms with Gasteiger partial charge >= 0.3 is 11.4 Å². The molecular formula is C50H49BrN10O8. The van der Waals surface area contributed by atoms with Gasteiger partial charge in [-0.15, -0.1) is 0 Å². The molecule has 0 saturated heterocycles. The van der Waals surface area contributed by atoms with E-state index in [0.29, 0.717) is 100 Å². The Kier molecular flexibility index (Phi) is 15.4. The summed E-state index contributed by atoms with van der Waals surface area (Å²) in [5.41, 5.74) is 8.21. The summed E-state index contributed by atoms with van der Waals surface area (Å²) < 4.78 is 26.9. The molecule has 0 unspecified atom stereocenters. The first-order valence-corrected chi connectivity index (χ1v) is 22.9. The van der Waals surface area contributed by atoms with Crippen LogP contribution in [0, 0.1) is 0 Å². The van der Waals surface area contributed by atoms with Crippen LogP contribution in [0.5, 0.6) is 0 Å². The van der Waals surface area contributed by atoms with Gasteiger partial charge in [-0.3, -0.25) is 18.7 Å². The van der Waals surface area contributed by atoms with E-state index in [1.54, 1.807) is 60.0 Å². The number of likely N-dealkylation sites (N-methyl/N-ethyl adjacent to an activating group) is 2. The van der Waals surface area contributed by atoms with Gasteiger partial charge in [-0.2, -0.15) is 9.97 Å². The fourth-order valence-corrected chi connectivity index (χ4v) is 8.07. The number of anilines is 2. The van der Waals surface area contributed by atoms with Crippen LogP contribution in [0.2, 0.25) is 0 Å². The molecule has 19 heteroatoms. The number of furan rings is 2. The first-order chi connectivity index (χ1) is 33.6. The van der Waals surface area contributed by atoms with E-state index in [4.69, 9.17) is 18.3 Å². The second-order valence-corrected chi connectivity index (χ2v) is 16.5. The van der Waals surface area contributed by atoms with Crippen LogP contribution in [0.4, 0.5) is 11.4 Å².